The molecule has 14 rings (SSSR count). The van der Waals surface area contributed by atoms with Crippen molar-refractivity contribution in [2.75, 3.05) is 10.2 Å². The zero-order valence-electron chi connectivity index (χ0n) is 38.6. The van der Waals surface area contributed by atoms with Crippen LogP contribution in [0.4, 0.5) is 28.4 Å². The summed E-state index contributed by atoms with van der Waals surface area (Å²) in [5, 5.41) is 9.12. The molecular weight excluding hydrogens is 854 g/mol. The molecule has 5 heteroatoms. The minimum absolute atomic E-state index is 0.134. The Morgan fingerprint density at radius 3 is 2.00 bits per heavy atom. The van der Waals surface area contributed by atoms with Gasteiger partial charge in [-0.2, -0.15) is 0 Å². The molecule has 0 saturated carbocycles. The molecular formula is C64H45BN3S. The summed E-state index contributed by atoms with van der Waals surface area (Å²) in [6.07, 6.45) is 0. The number of aromatic nitrogens is 1. The molecule has 0 bridgehead atoms. The van der Waals surface area contributed by atoms with E-state index in [-0.39, 0.29) is 5.41 Å². The van der Waals surface area contributed by atoms with Gasteiger partial charge < -0.3 is 14.8 Å². The van der Waals surface area contributed by atoms with E-state index in [1.165, 1.54) is 103 Å². The highest BCUT2D eigenvalue weighted by atomic mass is 32.1. The highest BCUT2D eigenvalue weighted by Gasteiger charge is 2.38. The molecule has 12 aromatic rings. The number of thiophene rings is 1. The number of nitrogens with one attached hydrogen (secondary N) is 1. The Bertz CT molecular complexity index is 4010. The van der Waals surface area contributed by atoms with Crippen LogP contribution in [0.5, 0.6) is 0 Å². The molecule has 1 aliphatic carbocycles. The second kappa shape index (κ2) is 15.2. The largest absolute Gasteiger partial charge is 0.355 e. The Hall–Kier alpha value is -8.12. The number of hydrogen-bond acceptors (Lipinski definition) is 3. The number of benzene rings is 10. The topological polar surface area (TPSA) is 20.2 Å². The van der Waals surface area contributed by atoms with E-state index in [1.807, 2.05) is 11.3 Å². The summed E-state index contributed by atoms with van der Waals surface area (Å²) in [5.74, 6) is 0. The van der Waals surface area contributed by atoms with Crippen molar-refractivity contribution in [2.24, 2.45) is 0 Å². The zero-order valence-corrected chi connectivity index (χ0v) is 39.4. The van der Waals surface area contributed by atoms with Gasteiger partial charge >= 0.3 is 0 Å². The van der Waals surface area contributed by atoms with Gasteiger partial charge in [-0.1, -0.05) is 158 Å². The van der Waals surface area contributed by atoms with E-state index >= 15 is 0 Å². The molecule has 69 heavy (non-hydrogen) atoms. The fourth-order valence-corrected chi connectivity index (χ4v) is 12.7. The SMILES string of the molecule is Cc1ccc(Nc2cc(N(c3ccccc3)c3ccccc3)ccc2-c2cc(-c3ccc4c(c3)sc3ccccc34)c3c4ccccc4n4c3c2[B]c2cc3c(cc2-4)-c2ccccc2C3(C)C)cc1. The molecule has 1 radical (unpaired) electrons. The maximum atomic E-state index is 3.98. The molecule has 0 fully saturated rings. The molecule has 0 spiro atoms. The second-order valence-corrected chi connectivity index (χ2v) is 20.4. The number of nitrogens with zero attached hydrogens (tertiary/aromatic N) is 2. The number of rotatable bonds is 7. The van der Waals surface area contributed by atoms with Gasteiger partial charge in [-0.05, 0) is 130 Å². The maximum Gasteiger partial charge on any atom is 0.197 e. The van der Waals surface area contributed by atoms with Crippen LogP contribution in [0.1, 0.15) is 30.5 Å². The van der Waals surface area contributed by atoms with E-state index in [0.29, 0.717) is 0 Å². The van der Waals surface area contributed by atoms with Gasteiger partial charge in [0, 0.05) is 81.6 Å². The molecule has 2 aromatic heterocycles. The summed E-state index contributed by atoms with van der Waals surface area (Å²) >= 11 is 1.88. The van der Waals surface area contributed by atoms with Gasteiger partial charge in [0.25, 0.3) is 0 Å². The molecule has 0 unspecified atom stereocenters. The van der Waals surface area contributed by atoms with E-state index in [0.717, 1.165) is 34.0 Å². The average Bonchev–Trinajstić information content (AvgIpc) is 4.01. The first-order valence-corrected chi connectivity index (χ1v) is 24.7. The number of anilines is 5. The Balaban J connectivity index is 1.08. The third kappa shape index (κ3) is 6.13. The standard InChI is InChI=1S/C64H45BN3S/c1-39-26-29-41(30-27-39)66-56-35-44(67(42-16-6-4-7-17-42)43-18-8-5-9-19-43)31-33-46(56)52-36-50(40-28-32-48-47-21-12-15-25-59(47)69-60(48)34-40)61-49-22-11-14-24-57(49)68-58-37-51-45-20-10-13-23-53(45)64(2,3)54(51)38-55(58)65-62(52)63(61)68/h4-38,66H,1-3H3. The predicted molar refractivity (Wildman–Crippen MR) is 296 cm³/mol. The zero-order chi connectivity index (χ0) is 46.0. The van der Waals surface area contributed by atoms with E-state index in [2.05, 4.69) is 255 Å². The lowest BCUT2D eigenvalue weighted by atomic mass is 9.58. The molecule has 0 atom stereocenters. The highest BCUT2D eigenvalue weighted by molar-refractivity contribution is 7.25. The number of aryl methyl sites for hydroxylation is 1. The average molecular weight is 899 g/mol. The second-order valence-electron chi connectivity index (χ2n) is 19.3. The minimum atomic E-state index is -0.134. The van der Waals surface area contributed by atoms with Crippen LogP contribution in [-0.4, -0.2) is 11.8 Å². The number of para-hydroxylation sites is 3. The van der Waals surface area contributed by atoms with Gasteiger partial charge in [0.2, 0.25) is 0 Å². The Labute approximate surface area is 406 Å². The van der Waals surface area contributed by atoms with Crippen molar-refractivity contribution in [1.82, 2.24) is 4.57 Å². The number of hydrogen-bond donors (Lipinski definition) is 1. The lowest BCUT2D eigenvalue weighted by Crippen LogP contribution is -2.38. The van der Waals surface area contributed by atoms with Crippen LogP contribution in [0.3, 0.4) is 0 Å². The summed E-state index contributed by atoms with van der Waals surface area (Å²) in [4.78, 5) is 2.35. The molecule has 1 aliphatic heterocycles. The lowest BCUT2D eigenvalue weighted by molar-refractivity contribution is 0.661. The molecule has 3 heterocycles. The lowest BCUT2D eigenvalue weighted by Gasteiger charge is -2.29. The van der Waals surface area contributed by atoms with Gasteiger partial charge in [-0.25, -0.2) is 0 Å². The summed E-state index contributed by atoms with van der Waals surface area (Å²) in [7, 11) is 2.49. The summed E-state index contributed by atoms with van der Waals surface area (Å²) in [6, 6.07) is 78.6. The first-order chi connectivity index (χ1) is 33.9. The van der Waals surface area contributed by atoms with Gasteiger partial charge in [0.05, 0.1) is 5.52 Å². The minimum Gasteiger partial charge on any atom is -0.355 e. The fourth-order valence-electron chi connectivity index (χ4n) is 11.6. The van der Waals surface area contributed by atoms with Crippen molar-refractivity contribution >= 4 is 100.0 Å². The Morgan fingerprint density at radius 2 is 1.20 bits per heavy atom. The van der Waals surface area contributed by atoms with Crippen molar-refractivity contribution in [2.45, 2.75) is 26.2 Å². The third-order valence-electron chi connectivity index (χ3n) is 14.9. The quantitative estimate of drug-likeness (QED) is 0.161. The molecule has 0 saturated heterocycles. The van der Waals surface area contributed by atoms with Crippen LogP contribution in [-0.2, 0) is 5.41 Å². The monoisotopic (exact) mass is 898 g/mol. The predicted octanol–water partition coefficient (Wildman–Crippen LogP) is 16.3. The fraction of sp³-hybridized carbons (Fsp3) is 0.0625. The Kier molecular flexibility index (Phi) is 8.81. The van der Waals surface area contributed by atoms with Crippen molar-refractivity contribution in [3.8, 4) is 39.1 Å². The molecule has 0 amide bonds. The normalized spacial score (nSPS) is 13.1. The molecule has 325 valence electrons. The van der Waals surface area contributed by atoms with Crippen molar-refractivity contribution < 1.29 is 0 Å². The van der Waals surface area contributed by atoms with E-state index in [4.69, 9.17) is 0 Å². The van der Waals surface area contributed by atoms with Gasteiger partial charge in [-0.3, -0.25) is 0 Å². The van der Waals surface area contributed by atoms with E-state index < -0.39 is 0 Å². The molecule has 1 N–H and O–H groups in total. The highest BCUT2D eigenvalue weighted by Crippen LogP contribution is 2.51. The number of fused-ring (bicyclic) bond motifs is 11. The van der Waals surface area contributed by atoms with Crippen LogP contribution >= 0.6 is 11.3 Å². The summed E-state index contributed by atoms with van der Waals surface area (Å²) in [5.41, 5.74) is 22.7. The van der Waals surface area contributed by atoms with Crippen molar-refractivity contribution in [3.05, 3.63) is 229 Å². The Morgan fingerprint density at radius 1 is 0.507 bits per heavy atom. The van der Waals surface area contributed by atoms with Crippen LogP contribution in [0.25, 0.3) is 81.0 Å². The van der Waals surface area contributed by atoms with Gasteiger partial charge in [-0.15, -0.1) is 11.3 Å². The van der Waals surface area contributed by atoms with Crippen LogP contribution in [0.15, 0.2) is 212 Å². The smallest absolute Gasteiger partial charge is 0.197 e. The first kappa shape index (κ1) is 40.0. The molecule has 2 aliphatic rings. The first-order valence-electron chi connectivity index (χ1n) is 23.9. The molecule has 10 aromatic carbocycles. The van der Waals surface area contributed by atoms with Crippen molar-refractivity contribution in [3.63, 3.8) is 0 Å². The van der Waals surface area contributed by atoms with Crippen LogP contribution < -0.4 is 21.1 Å². The van der Waals surface area contributed by atoms with E-state index in [1.54, 1.807) is 0 Å². The van der Waals surface area contributed by atoms with Crippen molar-refractivity contribution in [1.29, 1.82) is 0 Å². The molecule has 3 nitrogen and oxygen atoms in total. The van der Waals surface area contributed by atoms with E-state index in [9.17, 15) is 0 Å². The van der Waals surface area contributed by atoms with Crippen LogP contribution in [0, 0.1) is 6.92 Å². The summed E-state index contributed by atoms with van der Waals surface area (Å²) < 4.78 is 5.19. The third-order valence-corrected chi connectivity index (χ3v) is 16.0. The van der Waals surface area contributed by atoms with Gasteiger partial charge in [0.1, 0.15) is 0 Å². The van der Waals surface area contributed by atoms with Gasteiger partial charge in [0.15, 0.2) is 7.28 Å². The summed E-state index contributed by atoms with van der Waals surface area (Å²) in [6.45, 7) is 6.91. The maximum absolute atomic E-state index is 3.98. The van der Waals surface area contributed by atoms with Crippen LogP contribution in [0.2, 0.25) is 0 Å².